The minimum atomic E-state index is -0.0603. The van der Waals surface area contributed by atoms with Crippen molar-refractivity contribution in [3.63, 3.8) is 0 Å². The van der Waals surface area contributed by atoms with E-state index in [0.29, 0.717) is 30.4 Å². The molecule has 0 radical (unpaired) electrons. The third-order valence-corrected chi connectivity index (χ3v) is 4.61. The summed E-state index contributed by atoms with van der Waals surface area (Å²) in [4.78, 5) is 18.9. The third kappa shape index (κ3) is 2.33. The van der Waals surface area contributed by atoms with Gasteiger partial charge in [-0.3, -0.25) is 9.78 Å². The molecule has 1 saturated heterocycles. The topological polar surface area (TPSA) is 55.6 Å². The highest BCUT2D eigenvalue weighted by molar-refractivity contribution is 5.99. The maximum absolute atomic E-state index is 12.7. The fourth-order valence-corrected chi connectivity index (χ4v) is 3.13. The Balaban J connectivity index is 1.55. The first-order chi connectivity index (χ1) is 11.7. The molecule has 0 saturated carbocycles. The smallest absolute Gasteiger partial charge is 0.289 e. The van der Waals surface area contributed by atoms with Crippen LogP contribution in [-0.2, 0) is 0 Å². The van der Waals surface area contributed by atoms with Gasteiger partial charge in [0.15, 0.2) is 5.76 Å². The largest absolute Gasteiger partial charge is 0.497 e. The number of aryl methyl sites for hydroxylation is 1. The number of amides is 1. The molecule has 1 aromatic carbocycles. The molecule has 0 unspecified atom stereocenters. The van der Waals surface area contributed by atoms with E-state index in [1.165, 1.54) is 0 Å². The summed E-state index contributed by atoms with van der Waals surface area (Å²) in [6.07, 6.45) is 1.79. The van der Waals surface area contributed by atoms with Crippen molar-refractivity contribution in [2.45, 2.75) is 12.8 Å². The predicted octanol–water partition coefficient (Wildman–Crippen LogP) is 3.38. The van der Waals surface area contributed by atoms with Crippen LogP contribution in [0.5, 0.6) is 5.75 Å². The Hall–Kier alpha value is -2.82. The molecular weight excluding hydrogens is 304 g/mol. The van der Waals surface area contributed by atoms with Gasteiger partial charge in [0.1, 0.15) is 11.3 Å². The van der Waals surface area contributed by atoms with Gasteiger partial charge in [0.05, 0.1) is 7.11 Å². The van der Waals surface area contributed by atoms with Crippen molar-refractivity contribution in [3.05, 3.63) is 59.6 Å². The lowest BCUT2D eigenvalue weighted by atomic mass is 9.95. The molecule has 1 fully saturated rings. The summed E-state index contributed by atoms with van der Waals surface area (Å²) in [6, 6.07) is 11.5. The third-order valence-electron chi connectivity index (χ3n) is 4.61. The summed E-state index contributed by atoms with van der Waals surface area (Å²) in [5.41, 5.74) is 2.59. The average Bonchev–Trinajstić information content (AvgIpc) is 2.90. The SMILES string of the molecule is COc1ccc2c(C)c(C(=O)N3CC(c4ccccn4)C3)oc2c1. The van der Waals surface area contributed by atoms with Crippen molar-refractivity contribution in [2.75, 3.05) is 20.2 Å². The number of ether oxygens (including phenoxy) is 1. The van der Waals surface area contributed by atoms with Gasteiger partial charge >= 0.3 is 0 Å². The highest BCUT2D eigenvalue weighted by Gasteiger charge is 2.35. The number of nitrogens with zero attached hydrogens (tertiary/aromatic N) is 2. The van der Waals surface area contributed by atoms with Gasteiger partial charge in [-0.25, -0.2) is 0 Å². The number of hydrogen-bond acceptors (Lipinski definition) is 4. The van der Waals surface area contributed by atoms with E-state index in [9.17, 15) is 4.79 Å². The number of rotatable bonds is 3. The molecule has 4 rings (SSSR count). The fourth-order valence-electron chi connectivity index (χ4n) is 3.13. The molecule has 3 heterocycles. The van der Waals surface area contributed by atoms with Gasteiger partial charge in [0.25, 0.3) is 5.91 Å². The molecule has 24 heavy (non-hydrogen) atoms. The zero-order valence-corrected chi connectivity index (χ0v) is 13.7. The summed E-state index contributed by atoms with van der Waals surface area (Å²) >= 11 is 0. The van der Waals surface area contributed by atoms with E-state index in [0.717, 1.165) is 22.4 Å². The molecule has 5 nitrogen and oxygen atoms in total. The van der Waals surface area contributed by atoms with E-state index in [1.807, 2.05) is 43.3 Å². The second-order valence-corrected chi connectivity index (χ2v) is 6.08. The van der Waals surface area contributed by atoms with Crippen molar-refractivity contribution in [1.82, 2.24) is 9.88 Å². The first-order valence-electron chi connectivity index (χ1n) is 7.94. The Bertz CT molecular complexity index is 896. The van der Waals surface area contributed by atoms with Crippen LogP contribution in [0.1, 0.15) is 27.7 Å². The summed E-state index contributed by atoms with van der Waals surface area (Å²) in [5.74, 6) is 1.38. The Morgan fingerprint density at radius 1 is 1.29 bits per heavy atom. The molecule has 1 aliphatic rings. The monoisotopic (exact) mass is 322 g/mol. The minimum absolute atomic E-state index is 0.0603. The maximum Gasteiger partial charge on any atom is 0.289 e. The lowest BCUT2D eigenvalue weighted by Crippen LogP contribution is -2.48. The molecule has 5 heteroatoms. The number of pyridine rings is 1. The predicted molar refractivity (Wildman–Crippen MR) is 90.4 cm³/mol. The number of hydrogen-bond donors (Lipinski definition) is 0. The molecule has 0 atom stereocenters. The summed E-state index contributed by atoms with van der Waals surface area (Å²) < 4.78 is 11.0. The molecule has 2 aromatic heterocycles. The second kappa shape index (κ2) is 5.67. The number of benzene rings is 1. The Morgan fingerprint density at radius 3 is 2.83 bits per heavy atom. The van der Waals surface area contributed by atoms with Crippen LogP contribution in [-0.4, -0.2) is 36.0 Å². The number of carbonyl (C=O) groups is 1. The van der Waals surface area contributed by atoms with Crippen LogP contribution in [0.2, 0.25) is 0 Å². The molecule has 1 aliphatic heterocycles. The molecule has 0 spiro atoms. The van der Waals surface area contributed by atoms with Crippen LogP contribution in [0.4, 0.5) is 0 Å². The van der Waals surface area contributed by atoms with E-state index in [1.54, 1.807) is 18.2 Å². The average molecular weight is 322 g/mol. The van der Waals surface area contributed by atoms with Gasteiger partial charge in [0.2, 0.25) is 0 Å². The van der Waals surface area contributed by atoms with E-state index in [2.05, 4.69) is 4.98 Å². The van der Waals surface area contributed by atoms with Gasteiger partial charge in [-0.2, -0.15) is 0 Å². The zero-order chi connectivity index (χ0) is 16.7. The van der Waals surface area contributed by atoms with Crippen molar-refractivity contribution >= 4 is 16.9 Å². The highest BCUT2D eigenvalue weighted by Crippen LogP contribution is 2.32. The maximum atomic E-state index is 12.7. The van der Waals surface area contributed by atoms with E-state index in [4.69, 9.17) is 9.15 Å². The van der Waals surface area contributed by atoms with E-state index < -0.39 is 0 Å². The van der Waals surface area contributed by atoms with Gasteiger partial charge in [-0.1, -0.05) is 6.07 Å². The fraction of sp³-hybridized carbons (Fsp3) is 0.263. The second-order valence-electron chi connectivity index (χ2n) is 6.08. The van der Waals surface area contributed by atoms with Crippen molar-refractivity contribution < 1.29 is 13.9 Å². The Kier molecular flexibility index (Phi) is 3.49. The number of fused-ring (bicyclic) bond motifs is 1. The summed E-state index contributed by atoms with van der Waals surface area (Å²) in [5, 5.41) is 0.945. The summed E-state index contributed by atoms with van der Waals surface area (Å²) in [6.45, 7) is 3.27. The quantitative estimate of drug-likeness (QED) is 0.742. The van der Waals surface area contributed by atoms with Gasteiger partial charge < -0.3 is 14.1 Å². The van der Waals surface area contributed by atoms with Crippen molar-refractivity contribution in [1.29, 1.82) is 0 Å². The summed E-state index contributed by atoms with van der Waals surface area (Å²) in [7, 11) is 1.61. The van der Waals surface area contributed by atoms with Crippen LogP contribution in [0.25, 0.3) is 11.0 Å². The first-order valence-corrected chi connectivity index (χ1v) is 7.94. The molecular formula is C19H18N2O3. The van der Waals surface area contributed by atoms with Gasteiger partial charge in [0, 0.05) is 47.9 Å². The number of aromatic nitrogens is 1. The number of methoxy groups -OCH3 is 1. The van der Waals surface area contributed by atoms with Crippen molar-refractivity contribution in [2.24, 2.45) is 0 Å². The lowest BCUT2D eigenvalue weighted by molar-refractivity contribution is 0.0567. The highest BCUT2D eigenvalue weighted by atomic mass is 16.5. The molecule has 1 amide bonds. The molecule has 3 aromatic rings. The van der Waals surface area contributed by atoms with Crippen LogP contribution in [0.3, 0.4) is 0 Å². The number of carbonyl (C=O) groups excluding carboxylic acids is 1. The Morgan fingerprint density at radius 2 is 2.12 bits per heavy atom. The lowest BCUT2D eigenvalue weighted by Gasteiger charge is -2.38. The number of likely N-dealkylation sites (tertiary alicyclic amines) is 1. The van der Waals surface area contributed by atoms with Crippen LogP contribution >= 0.6 is 0 Å². The number of furan rings is 1. The Labute approximate surface area is 139 Å². The standard InChI is InChI=1S/C19H18N2O3/c1-12-15-7-6-14(23-2)9-17(15)24-18(12)19(22)21-10-13(11-21)16-5-3-4-8-20-16/h3-9,13H,10-11H2,1-2H3. The van der Waals surface area contributed by atoms with E-state index >= 15 is 0 Å². The van der Waals surface area contributed by atoms with Crippen LogP contribution < -0.4 is 4.74 Å². The normalized spacial score (nSPS) is 14.7. The zero-order valence-electron chi connectivity index (χ0n) is 13.7. The van der Waals surface area contributed by atoms with Crippen molar-refractivity contribution in [3.8, 4) is 5.75 Å². The minimum Gasteiger partial charge on any atom is -0.497 e. The first kappa shape index (κ1) is 14.8. The van der Waals surface area contributed by atoms with Crippen LogP contribution in [0.15, 0.2) is 47.0 Å². The van der Waals surface area contributed by atoms with Gasteiger partial charge in [-0.15, -0.1) is 0 Å². The van der Waals surface area contributed by atoms with Crippen LogP contribution in [0, 0.1) is 6.92 Å². The molecule has 0 N–H and O–H groups in total. The molecule has 122 valence electrons. The van der Waals surface area contributed by atoms with E-state index in [-0.39, 0.29) is 5.91 Å². The van der Waals surface area contributed by atoms with Gasteiger partial charge in [-0.05, 0) is 31.2 Å². The molecule has 0 aliphatic carbocycles. The molecule has 0 bridgehead atoms.